The first-order valence-corrected chi connectivity index (χ1v) is 7.39. The van der Waals surface area contributed by atoms with Gasteiger partial charge in [-0.25, -0.2) is 0 Å². The van der Waals surface area contributed by atoms with E-state index in [0.29, 0.717) is 24.9 Å². The van der Waals surface area contributed by atoms with Crippen molar-refractivity contribution in [1.29, 1.82) is 0 Å². The Morgan fingerprint density at radius 2 is 2.15 bits per heavy atom. The van der Waals surface area contributed by atoms with Gasteiger partial charge in [0.25, 0.3) is 5.69 Å². The summed E-state index contributed by atoms with van der Waals surface area (Å²) in [4.78, 5) is 10.8. The van der Waals surface area contributed by atoms with Crippen LogP contribution in [0.1, 0.15) is 38.2 Å². The Morgan fingerprint density at radius 3 is 2.80 bits per heavy atom. The molecule has 0 aromatic heterocycles. The number of nitrogens with one attached hydrogen (secondary N) is 1. The fourth-order valence-electron chi connectivity index (χ4n) is 3.02. The molecule has 2 atom stereocenters. The van der Waals surface area contributed by atoms with Crippen LogP contribution in [0.2, 0.25) is 0 Å². The molecule has 0 radical (unpaired) electrons. The molecule has 1 aromatic carbocycles. The fourth-order valence-corrected chi connectivity index (χ4v) is 3.02. The zero-order chi connectivity index (χ0) is 14.5. The summed E-state index contributed by atoms with van der Waals surface area (Å²) in [5.74, 6) is 0.466. The Hall–Kier alpha value is -1.62. The van der Waals surface area contributed by atoms with Crippen molar-refractivity contribution in [2.45, 2.75) is 45.1 Å². The lowest BCUT2D eigenvalue weighted by Crippen LogP contribution is -2.36. The molecule has 0 aliphatic heterocycles. The predicted octanol–water partition coefficient (Wildman–Crippen LogP) is 3.09. The number of nitro groups is 1. The molecule has 5 heteroatoms. The van der Waals surface area contributed by atoms with Gasteiger partial charge in [0.2, 0.25) is 0 Å². The molecule has 1 fully saturated rings. The van der Waals surface area contributed by atoms with Gasteiger partial charge in [-0.3, -0.25) is 10.1 Å². The van der Waals surface area contributed by atoms with Crippen LogP contribution in [-0.2, 0) is 6.42 Å². The number of benzene rings is 1. The van der Waals surface area contributed by atoms with E-state index in [9.17, 15) is 10.1 Å². The maximum atomic E-state index is 11.1. The highest BCUT2D eigenvalue weighted by atomic mass is 16.6. The normalized spacial score (nSPS) is 22.5. The summed E-state index contributed by atoms with van der Waals surface area (Å²) in [5, 5.41) is 14.5. The molecule has 2 unspecified atom stereocenters. The molecule has 2 rings (SSSR count). The van der Waals surface area contributed by atoms with Crippen molar-refractivity contribution in [1.82, 2.24) is 0 Å². The van der Waals surface area contributed by atoms with Gasteiger partial charge in [-0.15, -0.1) is 0 Å². The molecule has 1 aliphatic carbocycles. The van der Waals surface area contributed by atoms with Crippen molar-refractivity contribution in [3.05, 3.63) is 33.9 Å². The first-order valence-electron chi connectivity index (χ1n) is 7.39. The number of hydrogen-bond acceptors (Lipinski definition) is 4. The van der Waals surface area contributed by atoms with E-state index < -0.39 is 0 Å². The molecule has 110 valence electrons. The lowest BCUT2D eigenvalue weighted by Gasteiger charge is -2.32. The van der Waals surface area contributed by atoms with Crippen LogP contribution < -0.4 is 11.1 Å². The summed E-state index contributed by atoms with van der Waals surface area (Å²) in [5.41, 5.74) is 7.64. The minimum Gasteiger partial charge on any atom is -0.382 e. The van der Waals surface area contributed by atoms with Crippen molar-refractivity contribution < 1.29 is 4.92 Å². The van der Waals surface area contributed by atoms with Crippen LogP contribution in [0.5, 0.6) is 0 Å². The van der Waals surface area contributed by atoms with E-state index in [4.69, 9.17) is 5.73 Å². The zero-order valence-corrected chi connectivity index (χ0v) is 12.0. The standard InChI is InChI=1S/C15H23N3O2/c1-2-11-7-8-13(9-15(11)18(19)20)17-14-6-4-3-5-12(14)10-16/h7-9,12,14,17H,2-6,10,16H2,1H3. The zero-order valence-electron chi connectivity index (χ0n) is 12.0. The van der Waals surface area contributed by atoms with E-state index >= 15 is 0 Å². The number of hydrogen-bond donors (Lipinski definition) is 2. The first kappa shape index (κ1) is 14.8. The highest BCUT2D eigenvalue weighted by molar-refractivity contribution is 5.55. The van der Waals surface area contributed by atoms with E-state index in [1.807, 2.05) is 19.1 Å². The topological polar surface area (TPSA) is 81.2 Å². The smallest absolute Gasteiger partial charge is 0.274 e. The number of anilines is 1. The van der Waals surface area contributed by atoms with Crippen molar-refractivity contribution in [3.63, 3.8) is 0 Å². The Morgan fingerprint density at radius 1 is 1.40 bits per heavy atom. The average Bonchev–Trinajstić information content (AvgIpc) is 2.47. The van der Waals surface area contributed by atoms with Gasteiger partial charge in [-0.1, -0.05) is 25.8 Å². The molecule has 0 bridgehead atoms. The minimum atomic E-state index is -0.300. The highest BCUT2D eigenvalue weighted by Crippen LogP contribution is 2.29. The van der Waals surface area contributed by atoms with E-state index in [-0.39, 0.29) is 10.6 Å². The Balaban J connectivity index is 2.16. The number of nitrogens with two attached hydrogens (primary N) is 1. The second-order valence-corrected chi connectivity index (χ2v) is 5.49. The van der Waals surface area contributed by atoms with Gasteiger partial charge in [0.15, 0.2) is 0 Å². The van der Waals surface area contributed by atoms with Gasteiger partial charge >= 0.3 is 0 Å². The highest BCUT2D eigenvalue weighted by Gasteiger charge is 2.24. The molecule has 1 aromatic rings. The van der Waals surface area contributed by atoms with Crippen molar-refractivity contribution in [2.24, 2.45) is 11.7 Å². The molecular formula is C15H23N3O2. The fraction of sp³-hybridized carbons (Fsp3) is 0.600. The van der Waals surface area contributed by atoms with E-state index in [2.05, 4.69) is 5.32 Å². The van der Waals surface area contributed by atoms with Gasteiger partial charge in [-0.05, 0) is 37.8 Å². The summed E-state index contributed by atoms with van der Waals surface area (Å²) >= 11 is 0. The molecule has 3 N–H and O–H groups in total. The molecule has 1 saturated carbocycles. The van der Waals surface area contributed by atoms with Crippen LogP contribution >= 0.6 is 0 Å². The first-order chi connectivity index (χ1) is 9.65. The number of nitro benzene ring substituents is 1. The number of aryl methyl sites for hydroxylation is 1. The van der Waals surface area contributed by atoms with Gasteiger partial charge in [0.05, 0.1) is 4.92 Å². The van der Waals surface area contributed by atoms with Crippen molar-refractivity contribution in [2.75, 3.05) is 11.9 Å². The summed E-state index contributed by atoms with van der Waals surface area (Å²) < 4.78 is 0. The number of rotatable bonds is 5. The quantitative estimate of drug-likeness (QED) is 0.640. The van der Waals surface area contributed by atoms with Gasteiger partial charge in [0.1, 0.15) is 0 Å². The molecule has 0 heterocycles. The second-order valence-electron chi connectivity index (χ2n) is 5.49. The monoisotopic (exact) mass is 277 g/mol. The maximum absolute atomic E-state index is 11.1. The lowest BCUT2D eigenvalue weighted by molar-refractivity contribution is -0.385. The van der Waals surface area contributed by atoms with Gasteiger partial charge in [-0.2, -0.15) is 0 Å². The summed E-state index contributed by atoms with van der Waals surface area (Å²) in [7, 11) is 0. The molecule has 0 saturated heterocycles. The molecular weight excluding hydrogens is 254 g/mol. The lowest BCUT2D eigenvalue weighted by atomic mass is 9.84. The van der Waals surface area contributed by atoms with Crippen LogP contribution in [0, 0.1) is 16.0 Å². The summed E-state index contributed by atoms with van der Waals surface area (Å²) in [6.45, 7) is 2.60. The summed E-state index contributed by atoms with van der Waals surface area (Å²) in [6.07, 6.45) is 5.33. The third kappa shape index (κ3) is 3.28. The molecule has 1 aliphatic rings. The second kappa shape index (κ2) is 6.70. The largest absolute Gasteiger partial charge is 0.382 e. The summed E-state index contributed by atoms with van der Waals surface area (Å²) in [6, 6.07) is 5.77. The Bertz CT molecular complexity index is 476. The van der Waals surface area contributed by atoms with Crippen molar-refractivity contribution in [3.8, 4) is 0 Å². The van der Waals surface area contributed by atoms with Crippen molar-refractivity contribution >= 4 is 11.4 Å². The SMILES string of the molecule is CCc1ccc(NC2CCCCC2CN)cc1[N+](=O)[O-]. The number of nitrogens with zero attached hydrogens (tertiary/aromatic N) is 1. The Kier molecular flexibility index (Phi) is 4.95. The molecule has 20 heavy (non-hydrogen) atoms. The molecule has 0 spiro atoms. The third-order valence-electron chi connectivity index (χ3n) is 4.23. The Labute approximate surface area is 119 Å². The predicted molar refractivity (Wildman–Crippen MR) is 80.9 cm³/mol. The minimum absolute atomic E-state index is 0.206. The van der Waals surface area contributed by atoms with Crippen LogP contribution in [0.3, 0.4) is 0 Å². The van der Waals surface area contributed by atoms with E-state index in [1.54, 1.807) is 6.07 Å². The van der Waals surface area contributed by atoms with Crippen LogP contribution in [-0.4, -0.2) is 17.5 Å². The van der Waals surface area contributed by atoms with E-state index in [0.717, 1.165) is 24.1 Å². The van der Waals surface area contributed by atoms with Crippen LogP contribution in [0.15, 0.2) is 18.2 Å². The third-order valence-corrected chi connectivity index (χ3v) is 4.23. The van der Waals surface area contributed by atoms with Crippen LogP contribution in [0.25, 0.3) is 0 Å². The maximum Gasteiger partial charge on any atom is 0.274 e. The molecule has 0 amide bonds. The van der Waals surface area contributed by atoms with Crippen LogP contribution in [0.4, 0.5) is 11.4 Å². The van der Waals surface area contributed by atoms with Gasteiger partial charge in [0, 0.05) is 23.4 Å². The van der Waals surface area contributed by atoms with Gasteiger partial charge < -0.3 is 11.1 Å². The van der Waals surface area contributed by atoms with E-state index in [1.165, 1.54) is 12.8 Å². The molecule has 5 nitrogen and oxygen atoms in total. The average molecular weight is 277 g/mol.